The van der Waals surface area contributed by atoms with Gasteiger partial charge in [-0.25, -0.2) is 15.0 Å². The minimum absolute atomic E-state index is 0.142. The molecule has 1 atom stereocenters. The van der Waals surface area contributed by atoms with Gasteiger partial charge in [0, 0.05) is 61.1 Å². The van der Waals surface area contributed by atoms with E-state index in [1.165, 1.54) is 0 Å². The topological polar surface area (TPSA) is 104 Å². The molecule has 1 aromatic carbocycles. The number of pyridine rings is 1. The number of amides is 1. The van der Waals surface area contributed by atoms with Gasteiger partial charge >= 0.3 is 0 Å². The van der Waals surface area contributed by atoms with Crippen LogP contribution in [0.5, 0.6) is 5.75 Å². The summed E-state index contributed by atoms with van der Waals surface area (Å²) in [5.41, 5.74) is 3.06. The molecule has 2 aromatic heterocycles. The minimum atomic E-state index is -0.251. The zero-order valence-electron chi connectivity index (χ0n) is 22.1. The monoisotopic (exact) mass is 491 g/mol. The van der Waals surface area contributed by atoms with Crippen LogP contribution in [0.15, 0.2) is 48.9 Å². The lowest BCUT2D eigenvalue weighted by atomic mass is 9.79. The Kier molecular flexibility index (Phi) is 9.19. The highest BCUT2D eigenvalue weighted by Gasteiger charge is 2.29. The maximum atomic E-state index is 12.1. The highest BCUT2D eigenvalue weighted by atomic mass is 16.5. The first kappa shape index (κ1) is 26.9. The standard InChI is InChI=1S/C27H37N7O2/c1-7-27(2,21-10-8-19(26(35)28-3)14-23(21)36-6)17-31-25-15-22(32-18-33-25)20-9-11-24(30-16-20)29-12-13-34(4)5/h8-11,14-16,18H,7,12-13,17H2,1-6H3,(H,28,35)(H,29,30)(H,31,32,33). The molecule has 0 spiro atoms. The predicted octanol–water partition coefficient (Wildman–Crippen LogP) is 3.66. The summed E-state index contributed by atoms with van der Waals surface area (Å²) in [5, 5.41) is 9.44. The molecule has 9 heteroatoms. The van der Waals surface area contributed by atoms with Crippen LogP contribution in [0.25, 0.3) is 11.3 Å². The first-order valence-electron chi connectivity index (χ1n) is 12.1. The summed E-state index contributed by atoms with van der Waals surface area (Å²) in [5.74, 6) is 2.12. The number of methoxy groups -OCH3 is 1. The summed E-state index contributed by atoms with van der Waals surface area (Å²) >= 11 is 0. The normalized spacial score (nSPS) is 12.6. The van der Waals surface area contributed by atoms with Gasteiger partial charge in [0.15, 0.2) is 0 Å². The Labute approximate surface area is 213 Å². The number of anilines is 2. The van der Waals surface area contributed by atoms with Crippen molar-refractivity contribution in [1.82, 2.24) is 25.2 Å². The van der Waals surface area contributed by atoms with Gasteiger partial charge in [0.25, 0.3) is 5.91 Å². The Morgan fingerprint density at radius 1 is 1.06 bits per heavy atom. The van der Waals surface area contributed by atoms with E-state index in [-0.39, 0.29) is 11.3 Å². The van der Waals surface area contributed by atoms with Gasteiger partial charge in [-0.1, -0.05) is 19.9 Å². The van der Waals surface area contributed by atoms with E-state index in [4.69, 9.17) is 4.74 Å². The summed E-state index contributed by atoms with van der Waals surface area (Å²) in [7, 11) is 7.33. The Bertz CT molecular complexity index is 1150. The summed E-state index contributed by atoms with van der Waals surface area (Å²) < 4.78 is 5.66. The molecule has 0 aliphatic heterocycles. The fourth-order valence-electron chi connectivity index (χ4n) is 3.84. The highest BCUT2D eigenvalue weighted by Crippen LogP contribution is 2.35. The van der Waals surface area contributed by atoms with Crippen molar-refractivity contribution in [3.8, 4) is 17.0 Å². The lowest BCUT2D eigenvalue weighted by Crippen LogP contribution is -2.31. The first-order chi connectivity index (χ1) is 17.3. The van der Waals surface area contributed by atoms with Gasteiger partial charge in [-0.15, -0.1) is 0 Å². The highest BCUT2D eigenvalue weighted by molar-refractivity contribution is 5.94. The quantitative estimate of drug-likeness (QED) is 0.353. The van der Waals surface area contributed by atoms with Gasteiger partial charge in [0.2, 0.25) is 0 Å². The molecule has 3 aromatic rings. The molecule has 0 aliphatic carbocycles. The van der Waals surface area contributed by atoms with Crippen molar-refractivity contribution in [3.05, 3.63) is 60.0 Å². The molecule has 3 N–H and O–H groups in total. The lowest BCUT2D eigenvalue weighted by molar-refractivity contribution is 0.0962. The Morgan fingerprint density at radius 2 is 1.86 bits per heavy atom. The molecule has 1 unspecified atom stereocenters. The molecule has 36 heavy (non-hydrogen) atoms. The number of carbonyl (C=O) groups is 1. The zero-order chi connectivity index (χ0) is 26.1. The molecule has 192 valence electrons. The minimum Gasteiger partial charge on any atom is -0.496 e. The summed E-state index contributed by atoms with van der Waals surface area (Å²) in [4.78, 5) is 27.5. The van der Waals surface area contributed by atoms with Gasteiger partial charge < -0.3 is 25.6 Å². The number of benzene rings is 1. The van der Waals surface area contributed by atoms with E-state index in [2.05, 4.69) is 49.6 Å². The van der Waals surface area contributed by atoms with E-state index in [1.54, 1.807) is 26.6 Å². The number of nitrogens with zero attached hydrogens (tertiary/aromatic N) is 4. The molecule has 0 aliphatic rings. The van der Waals surface area contributed by atoms with Crippen molar-refractivity contribution in [1.29, 1.82) is 0 Å². The Morgan fingerprint density at radius 3 is 2.50 bits per heavy atom. The Balaban J connectivity index is 1.73. The third-order valence-corrected chi connectivity index (χ3v) is 6.37. The number of hydrogen-bond acceptors (Lipinski definition) is 8. The SMILES string of the molecule is CCC(C)(CNc1cc(-c2ccc(NCCN(C)C)nc2)ncn1)c1ccc(C(=O)NC)cc1OC. The first-order valence-corrected chi connectivity index (χ1v) is 12.1. The second-order valence-corrected chi connectivity index (χ2v) is 9.21. The van der Waals surface area contributed by atoms with E-state index in [0.717, 1.165) is 48.0 Å². The fraction of sp³-hybridized carbons (Fsp3) is 0.407. The van der Waals surface area contributed by atoms with Crippen molar-refractivity contribution < 1.29 is 9.53 Å². The van der Waals surface area contributed by atoms with Crippen molar-refractivity contribution in [2.45, 2.75) is 25.7 Å². The third kappa shape index (κ3) is 6.69. The molecular weight excluding hydrogens is 454 g/mol. The van der Waals surface area contributed by atoms with Crippen LogP contribution in [0, 0.1) is 0 Å². The Hall–Kier alpha value is -3.72. The van der Waals surface area contributed by atoms with Gasteiger partial charge in [-0.05, 0) is 44.8 Å². The fourth-order valence-corrected chi connectivity index (χ4v) is 3.84. The second kappa shape index (κ2) is 12.3. The molecule has 0 bridgehead atoms. The summed E-state index contributed by atoms with van der Waals surface area (Å²) in [6.45, 7) is 6.70. The molecule has 0 fully saturated rings. The van der Waals surface area contributed by atoms with Crippen molar-refractivity contribution >= 4 is 17.5 Å². The van der Waals surface area contributed by atoms with Gasteiger partial charge in [-0.3, -0.25) is 4.79 Å². The van der Waals surface area contributed by atoms with Crippen LogP contribution < -0.4 is 20.7 Å². The van der Waals surface area contributed by atoms with Gasteiger partial charge in [-0.2, -0.15) is 0 Å². The maximum absolute atomic E-state index is 12.1. The number of likely N-dealkylation sites (N-methyl/N-ethyl adjacent to an activating group) is 1. The molecular formula is C27H37N7O2. The number of ether oxygens (including phenoxy) is 1. The predicted molar refractivity (Wildman–Crippen MR) is 145 cm³/mol. The number of nitrogens with one attached hydrogen (secondary N) is 3. The van der Waals surface area contributed by atoms with E-state index >= 15 is 0 Å². The van der Waals surface area contributed by atoms with E-state index in [1.807, 2.05) is 50.6 Å². The average Bonchev–Trinajstić information content (AvgIpc) is 2.91. The third-order valence-electron chi connectivity index (χ3n) is 6.37. The van der Waals surface area contributed by atoms with Gasteiger partial charge in [0.05, 0.1) is 12.8 Å². The molecule has 1 amide bonds. The van der Waals surface area contributed by atoms with Crippen molar-refractivity contribution in [2.24, 2.45) is 0 Å². The number of carbonyl (C=O) groups excluding carboxylic acids is 1. The smallest absolute Gasteiger partial charge is 0.251 e. The van der Waals surface area contributed by atoms with Crippen LogP contribution in [-0.2, 0) is 5.41 Å². The largest absolute Gasteiger partial charge is 0.496 e. The molecule has 0 saturated heterocycles. The average molecular weight is 492 g/mol. The van der Waals surface area contributed by atoms with Crippen molar-refractivity contribution in [3.63, 3.8) is 0 Å². The van der Waals surface area contributed by atoms with Crippen LogP contribution in [0.4, 0.5) is 11.6 Å². The van der Waals surface area contributed by atoms with Crippen LogP contribution in [0.1, 0.15) is 36.2 Å². The molecule has 3 rings (SSSR count). The van der Waals surface area contributed by atoms with E-state index < -0.39 is 0 Å². The molecule has 0 radical (unpaired) electrons. The summed E-state index contributed by atoms with van der Waals surface area (Å²) in [6.07, 6.45) is 4.24. The van der Waals surface area contributed by atoms with Crippen LogP contribution in [0.2, 0.25) is 0 Å². The molecule has 9 nitrogen and oxygen atoms in total. The van der Waals surface area contributed by atoms with E-state index in [9.17, 15) is 4.79 Å². The number of hydrogen-bond donors (Lipinski definition) is 3. The van der Waals surface area contributed by atoms with Crippen LogP contribution in [0.3, 0.4) is 0 Å². The zero-order valence-corrected chi connectivity index (χ0v) is 22.1. The molecule has 0 saturated carbocycles. The lowest BCUT2D eigenvalue weighted by Gasteiger charge is -2.31. The number of rotatable bonds is 12. The summed E-state index contributed by atoms with van der Waals surface area (Å²) in [6, 6.07) is 11.5. The van der Waals surface area contributed by atoms with Crippen molar-refractivity contribution in [2.75, 3.05) is 58.5 Å². The van der Waals surface area contributed by atoms with Gasteiger partial charge in [0.1, 0.15) is 23.7 Å². The van der Waals surface area contributed by atoms with E-state index in [0.29, 0.717) is 17.9 Å². The number of aromatic nitrogens is 3. The van der Waals surface area contributed by atoms with Crippen LogP contribution >= 0.6 is 0 Å². The second-order valence-electron chi connectivity index (χ2n) is 9.21. The maximum Gasteiger partial charge on any atom is 0.251 e. The molecule has 2 heterocycles. The van der Waals surface area contributed by atoms with Crippen LogP contribution in [-0.4, -0.2) is 73.6 Å².